The van der Waals surface area contributed by atoms with Crippen molar-refractivity contribution in [1.82, 2.24) is 9.78 Å². The van der Waals surface area contributed by atoms with Crippen LogP contribution < -0.4 is 5.32 Å². The Bertz CT molecular complexity index is 692. The smallest absolute Gasteiger partial charge is 0.369 e. The van der Waals surface area contributed by atoms with Crippen molar-refractivity contribution in [3.8, 4) is 5.69 Å². The highest BCUT2D eigenvalue weighted by Gasteiger charge is 2.32. The van der Waals surface area contributed by atoms with E-state index in [2.05, 4.69) is 10.4 Å². The fourth-order valence-corrected chi connectivity index (χ4v) is 2.75. The Balaban J connectivity index is 2.17. The molecule has 2 aromatic rings. The molecule has 1 aliphatic heterocycles. The van der Waals surface area contributed by atoms with Gasteiger partial charge in [0.1, 0.15) is 5.82 Å². The van der Waals surface area contributed by atoms with Crippen LogP contribution in [0.4, 0.5) is 19.0 Å². The van der Waals surface area contributed by atoms with Crippen LogP contribution in [0, 0.1) is 0 Å². The lowest BCUT2D eigenvalue weighted by Gasteiger charge is -2.12. The Morgan fingerprint density at radius 1 is 1.38 bits per heavy atom. The minimum absolute atomic E-state index is 0.240. The summed E-state index contributed by atoms with van der Waals surface area (Å²) in [6.07, 6.45) is -2.85. The lowest BCUT2D eigenvalue weighted by atomic mass is 10.1. The zero-order valence-electron chi connectivity index (χ0n) is 11.3. The highest BCUT2D eigenvalue weighted by Crippen LogP contribution is 2.36. The van der Waals surface area contributed by atoms with Crippen LogP contribution in [-0.2, 0) is 19.0 Å². The molecule has 2 heterocycles. The summed E-state index contributed by atoms with van der Waals surface area (Å²) in [5.41, 5.74) is 1.47. The fourth-order valence-electron chi connectivity index (χ4n) is 2.56. The lowest BCUT2D eigenvalue weighted by molar-refractivity contribution is -0.137. The van der Waals surface area contributed by atoms with Gasteiger partial charge in [-0.3, -0.25) is 0 Å². The molecule has 0 unspecified atom stereocenters. The number of anilines is 1. The number of aryl methyl sites for hydroxylation is 1. The third-order valence-corrected chi connectivity index (χ3v) is 3.89. The largest absolute Gasteiger partial charge is 0.416 e. The number of benzene rings is 1. The van der Waals surface area contributed by atoms with E-state index < -0.39 is 11.7 Å². The first-order valence-corrected chi connectivity index (χ1v) is 7.01. The Labute approximate surface area is 124 Å². The van der Waals surface area contributed by atoms with E-state index in [0.717, 1.165) is 48.6 Å². The molecule has 3 nitrogen and oxygen atoms in total. The molecule has 0 spiro atoms. The quantitative estimate of drug-likeness (QED) is 0.905. The van der Waals surface area contributed by atoms with Gasteiger partial charge in [-0.2, -0.15) is 18.3 Å². The van der Waals surface area contributed by atoms with Crippen LogP contribution >= 0.6 is 11.6 Å². The van der Waals surface area contributed by atoms with E-state index >= 15 is 0 Å². The molecule has 0 saturated heterocycles. The standard InChI is InChI=1S/C14H13ClF3N3/c1-2-11-9-5-6-19-13(9)21(20-11)12-7-8(14(16,17)18)3-4-10(12)15/h3-4,7,19H,2,5-6H2,1H3. The molecule has 0 saturated carbocycles. The van der Waals surface area contributed by atoms with E-state index in [1.165, 1.54) is 10.7 Å². The molecule has 1 aromatic carbocycles. The normalized spacial score (nSPS) is 14.1. The molecular formula is C14H13ClF3N3. The van der Waals surface area contributed by atoms with E-state index in [0.29, 0.717) is 0 Å². The Hall–Kier alpha value is -1.69. The van der Waals surface area contributed by atoms with Crippen molar-refractivity contribution in [1.29, 1.82) is 0 Å². The average Bonchev–Trinajstić information content (AvgIpc) is 2.99. The van der Waals surface area contributed by atoms with E-state index in [1.807, 2.05) is 6.92 Å². The van der Waals surface area contributed by atoms with Gasteiger partial charge in [0.25, 0.3) is 0 Å². The highest BCUT2D eigenvalue weighted by molar-refractivity contribution is 6.32. The number of alkyl halides is 3. The molecule has 21 heavy (non-hydrogen) atoms. The van der Waals surface area contributed by atoms with Crippen LogP contribution in [0.1, 0.15) is 23.7 Å². The molecule has 7 heteroatoms. The molecule has 1 aliphatic rings. The highest BCUT2D eigenvalue weighted by atomic mass is 35.5. The van der Waals surface area contributed by atoms with Crippen LogP contribution in [0.25, 0.3) is 5.69 Å². The molecule has 112 valence electrons. The summed E-state index contributed by atoms with van der Waals surface area (Å²) in [6.45, 7) is 2.73. The summed E-state index contributed by atoms with van der Waals surface area (Å²) in [6, 6.07) is 3.27. The van der Waals surface area contributed by atoms with Crippen molar-refractivity contribution in [2.24, 2.45) is 0 Å². The molecule has 0 amide bonds. The summed E-state index contributed by atoms with van der Waals surface area (Å²) in [5, 5.41) is 7.82. The van der Waals surface area contributed by atoms with Crippen LogP contribution in [-0.4, -0.2) is 16.3 Å². The van der Waals surface area contributed by atoms with Crippen molar-refractivity contribution < 1.29 is 13.2 Å². The first-order chi connectivity index (χ1) is 9.91. The molecule has 0 atom stereocenters. The SMILES string of the molecule is CCc1nn(-c2cc(C(F)(F)F)ccc2Cl)c2c1CCN2. The van der Waals surface area contributed by atoms with Crippen LogP contribution in [0.5, 0.6) is 0 Å². The predicted molar refractivity (Wildman–Crippen MR) is 75.1 cm³/mol. The summed E-state index contributed by atoms with van der Waals surface area (Å²) in [5.74, 6) is 0.744. The van der Waals surface area contributed by atoms with Crippen molar-refractivity contribution >= 4 is 17.4 Å². The zero-order valence-corrected chi connectivity index (χ0v) is 12.0. The molecule has 0 bridgehead atoms. The van der Waals surface area contributed by atoms with Gasteiger partial charge >= 0.3 is 6.18 Å². The van der Waals surface area contributed by atoms with Gasteiger partial charge in [-0.15, -0.1) is 0 Å². The molecule has 0 radical (unpaired) electrons. The van der Waals surface area contributed by atoms with Gasteiger partial charge in [-0.1, -0.05) is 18.5 Å². The van der Waals surface area contributed by atoms with E-state index in [1.54, 1.807) is 0 Å². The average molecular weight is 316 g/mol. The topological polar surface area (TPSA) is 29.9 Å². The number of nitrogens with one attached hydrogen (secondary N) is 1. The fraction of sp³-hybridized carbons (Fsp3) is 0.357. The molecule has 1 aromatic heterocycles. The minimum Gasteiger partial charge on any atom is -0.369 e. The van der Waals surface area contributed by atoms with E-state index in [-0.39, 0.29) is 10.7 Å². The van der Waals surface area contributed by atoms with Gasteiger partial charge in [-0.25, -0.2) is 4.68 Å². The van der Waals surface area contributed by atoms with E-state index in [4.69, 9.17) is 11.6 Å². The number of halogens is 4. The summed E-state index contributed by atoms with van der Waals surface area (Å²) in [4.78, 5) is 0. The van der Waals surface area contributed by atoms with Crippen LogP contribution in [0.2, 0.25) is 5.02 Å². The molecule has 0 fully saturated rings. The number of aromatic nitrogens is 2. The van der Waals surface area contributed by atoms with Gasteiger partial charge in [0.15, 0.2) is 0 Å². The predicted octanol–water partition coefficient (Wildman–Crippen LogP) is 4.07. The Morgan fingerprint density at radius 2 is 2.14 bits per heavy atom. The number of rotatable bonds is 2. The Kier molecular flexibility index (Phi) is 3.36. The third kappa shape index (κ3) is 2.37. The minimum atomic E-state index is -4.41. The molecule has 1 N–H and O–H groups in total. The number of fused-ring (bicyclic) bond motifs is 1. The van der Waals surface area contributed by atoms with Gasteiger partial charge in [0, 0.05) is 12.1 Å². The number of hydrogen-bond donors (Lipinski definition) is 1. The van der Waals surface area contributed by atoms with Gasteiger partial charge in [-0.05, 0) is 31.0 Å². The molecule has 3 rings (SSSR count). The monoisotopic (exact) mass is 315 g/mol. The van der Waals surface area contributed by atoms with Crippen molar-refractivity contribution in [2.75, 3.05) is 11.9 Å². The van der Waals surface area contributed by atoms with Gasteiger partial charge in [0.2, 0.25) is 0 Å². The summed E-state index contributed by atoms with van der Waals surface area (Å²) in [7, 11) is 0. The lowest BCUT2D eigenvalue weighted by Crippen LogP contribution is -2.09. The summed E-state index contributed by atoms with van der Waals surface area (Å²) < 4.78 is 40.1. The van der Waals surface area contributed by atoms with Crippen molar-refractivity contribution in [3.63, 3.8) is 0 Å². The zero-order chi connectivity index (χ0) is 15.2. The second kappa shape index (κ2) is 4.94. The molecular weight excluding hydrogens is 303 g/mol. The van der Waals surface area contributed by atoms with Gasteiger partial charge in [0.05, 0.1) is 22.0 Å². The van der Waals surface area contributed by atoms with E-state index in [9.17, 15) is 13.2 Å². The number of nitrogens with zero attached hydrogens (tertiary/aromatic N) is 2. The second-order valence-electron chi connectivity index (χ2n) is 4.88. The molecule has 0 aliphatic carbocycles. The maximum atomic E-state index is 12.9. The van der Waals surface area contributed by atoms with Gasteiger partial charge < -0.3 is 5.32 Å². The number of hydrogen-bond acceptors (Lipinski definition) is 2. The summed E-state index contributed by atoms with van der Waals surface area (Å²) >= 11 is 6.08. The van der Waals surface area contributed by atoms with Crippen molar-refractivity contribution in [2.45, 2.75) is 25.9 Å². The maximum absolute atomic E-state index is 12.9. The first-order valence-electron chi connectivity index (χ1n) is 6.63. The third-order valence-electron chi connectivity index (χ3n) is 3.57. The van der Waals surface area contributed by atoms with Crippen LogP contribution in [0.3, 0.4) is 0 Å². The Morgan fingerprint density at radius 3 is 2.81 bits per heavy atom. The first kappa shape index (κ1) is 14.3. The second-order valence-corrected chi connectivity index (χ2v) is 5.29. The van der Waals surface area contributed by atoms with Crippen molar-refractivity contribution in [3.05, 3.63) is 40.0 Å². The van der Waals surface area contributed by atoms with Crippen LogP contribution in [0.15, 0.2) is 18.2 Å². The maximum Gasteiger partial charge on any atom is 0.416 e.